The summed E-state index contributed by atoms with van der Waals surface area (Å²) in [6, 6.07) is 0.0816. The number of ether oxygens (including phenoxy) is 1. The SMILES string of the molecule is CCOC(=O)C(=O)NC1CCCCC1(C)C. The van der Waals surface area contributed by atoms with Crippen molar-refractivity contribution in [1.29, 1.82) is 0 Å². The zero-order valence-electron chi connectivity index (χ0n) is 10.3. The van der Waals surface area contributed by atoms with Gasteiger partial charge < -0.3 is 10.1 Å². The number of amides is 1. The van der Waals surface area contributed by atoms with Gasteiger partial charge in [-0.15, -0.1) is 0 Å². The van der Waals surface area contributed by atoms with Crippen LogP contribution in [0.5, 0.6) is 0 Å². The van der Waals surface area contributed by atoms with Gasteiger partial charge in [-0.3, -0.25) is 4.79 Å². The van der Waals surface area contributed by atoms with Gasteiger partial charge in [0, 0.05) is 6.04 Å². The number of esters is 1. The van der Waals surface area contributed by atoms with Gasteiger partial charge in [-0.1, -0.05) is 26.7 Å². The number of hydrogen-bond acceptors (Lipinski definition) is 3. The first-order chi connectivity index (χ1) is 7.47. The second-order valence-electron chi connectivity index (χ2n) is 4.98. The zero-order chi connectivity index (χ0) is 12.2. The van der Waals surface area contributed by atoms with E-state index < -0.39 is 11.9 Å². The monoisotopic (exact) mass is 227 g/mol. The summed E-state index contributed by atoms with van der Waals surface area (Å²) in [6.45, 7) is 6.18. The van der Waals surface area contributed by atoms with E-state index in [9.17, 15) is 9.59 Å². The number of hydrogen-bond donors (Lipinski definition) is 1. The molecule has 0 saturated heterocycles. The molecule has 1 rings (SSSR count). The molecule has 0 bridgehead atoms. The molecule has 0 aromatic rings. The summed E-state index contributed by atoms with van der Waals surface area (Å²) < 4.78 is 4.66. The van der Waals surface area contributed by atoms with Gasteiger partial charge in [0.25, 0.3) is 0 Å². The Kier molecular flexibility index (Phi) is 4.33. The third-order valence-corrected chi connectivity index (χ3v) is 3.27. The molecule has 1 amide bonds. The van der Waals surface area contributed by atoms with Crippen molar-refractivity contribution < 1.29 is 14.3 Å². The van der Waals surface area contributed by atoms with Gasteiger partial charge in [-0.2, -0.15) is 0 Å². The molecule has 0 radical (unpaired) electrons. The highest BCUT2D eigenvalue weighted by Gasteiger charge is 2.34. The van der Waals surface area contributed by atoms with E-state index in [2.05, 4.69) is 23.9 Å². The predicted octanol–water partition coefficient (Wildman–Crippen LogP) is 1.63. The van der Waals surface area contributed by atoms with Crippen LogP contribution in [0.1, 0.15) is 46.5 Å². The van der Waals surface area contributed by atoms with Crippen molar-refractivity contribution in [2.45, 2.75) is 52.5 Å². The summed E-state index contributed by atoms with van der Waals surface area (Å²) in [5, 5.41) is 2.78. The Labute approximate surface area is 96.7 Å². The second-order valence-corrected chi connectivity index (χ2v) is 4.98. The fraction of sp³-hybridized carbons (Fsp3) is 0.833. The van der Waals surface area contributed by atoms with Crippen LogP contribution >= 0.6 is 0 Å². The highest BCUT2D eigenvalue weighted by Crippen LogP contribution is 2.35. The van der Waals surface area contributed by atoms with E-state index in [-0.39, 0.29) is 18.1 Å². The van der Waals surface area contributed by atoms with E-state index in [0.717, 1.165) is 19.3 Å². The van der Waals surface area contributed by atoms with Crippen molar-refractivity contribution in [2.75, 3.05) is 6.61 Å². The second kappa shape index (κ2) is 5.32. The Hall–Kier alpha value is -1.06. The molecule has 16 heavy (non-hydrogen) atoms. The lowest BCUT2D eigenvalue weighted by molar-refractivity contribution is -0.155. The van der Waals surface area contributed by atoms with Gasteiger partial charge >= 0.3 is 11.9 Å². The number of carbonyl (C=O) groups is 2. The van der Waals surface area contributed by atoms with Crippen LogP contribution in [0, 0.1) is 5.41 Å². The Bertz CT molecular complexity index is 273. The molecule has 0 aromatic heterocycles. The molecule has 1 aliphatic rings. The van der Waals surface area contributed by atoms with Crippen LogP contribution in [0.25, 0.3) is 0 Å². The smallest absolute Gasteiger partial charge is 0.396 e. The van der Waals surface area contributed by atoms with Crippen LogP contribution in [0.4, 0.5) is 0 Å². The minimum absolute atomic E-state index is 0.0698. The van der Waals surface area contributed by atoms with E-state index in [1.807, 2.05) is 0 Å². The summed E-state index contributed by atoms with van der Waals surface area (Å²) in [6.07, 6.45) is 4.33. The van der Waals surface area contributed by atoms with E-state index in [0.29, 0.717) is 0 Å². The Morgan fingerprint density at radius 3 is 2.62 bits per heavy atom. The molecule has 1 aliphatic carbocycles. The fourth-order valence-electron chi connectivity index (χ4n) is 2.18. The third kappa shape index (κ3) is 3.22. The van der Waals surface area contributed by atoms with Crippen LogP contribution in [0.2, 0.25) is 0 Å². The lowest BCUT2D eigenvalue weighted by atomic mass is 9.73. The van der Waals surface area contributed by atoms with Crippen LogP contribution in [-0.4, -0.2) is 24.5 Å². The van der Waals surface area contributed by atoms with Gasteiger partial charge in [0.1, 0.15) is 0 Å². The number of nitrogens with one attached hydrogen (secondary N) is 1. The van der Waals surface area contributed by atoms with Crippen molar-refractivity contribution in [2.24, 2.45) is 5.41 Å². The summed E-state index contributed by atoms with van der Waals surface area (Å²) in [4.78, 5) is 22.7. The highest BCUT2D eigenvalue weighted by molar-refractivity contribution is 6.32. The minimum Gasteiger partial charge on any atom is -0.459 e. The maximum Gasteiger partial charge on any atom is 0.396 e. The first kappa shape index (κ1) is 13.0. The van der Waals surface area contributed by atoms with E-state index in [1.54, 1.807) is 6.92 Å². The molecule has 1 atom stereocenters. The molecular weight excluding hydrogens is 206 g/mol. The van der Waals surface area contributed by atoms with E-state index >= 15 is 0 Å². The summed E-state index contributed by atoms with van der Waals surface area (Å²) >= 11 is 0. The van der Waals surface area contributed by atoms with Crippen molar-refractivity contribution in [3.63, 3.8) is 0 Å². The van der Waals surface area contributed by atoms with E-state index in [4.69, 9.17) is 0 Å². The lowest BCUT2D eigenvalue weighted by Gasteiger charge is -2.38. The first-order valence-corrected chi connectivity index (χ1v) is 5.95. The molecule has 0 aromatic carbocycles. The third-order valence-electron chi connectivity index (χ3n) is 3.27. The normalized spacial score (nSPS) is 23.6. The standard InChI is InChI=1S/C12H21NO3/c1-4-16-11(15)10(14)13-9-7-5-6-8-12(9,2)3/h9H,4-8H2,1-3H3,(H,13,14). The lowest BCUT2D eigenvalue weighted by Crippen LogP contribution is -2.49. The van der Waals surface area contributed by atoms with Gasteiger partial charge in [0.2, 0.25) is 0 Å². The largest absolute Gasteiger partial charge is 0.459 e. The Morgan fingerprint density at radius 2 is 2.06 bits per heavy atom. The van der Waals surface area contributed by atoms with Crippen LogP contribution in [0.3, 0.4) is 0 Å². The van der Waals surface area contributed by atoms with Crippen molar-refractivity contribution in [3.05, 3.63) is 0 Å². The molecule has 4 nitrogen and oxygen atoms in total. The van der Waals surface area contributed by atoms with Crippen molar-refractivity contribution in [3.8, 4) is 0 Å². The Morgan fingerprint density at radius 1 is 1.38 bits per heavy atom. The molecule has 1 fully saturated rings. The molecular formula is C12H21NO3. The quantitative estimate of drug-likeness (QED) is 0.576. The van der Waals surface area contributed by atoms with Gasteiger partial charge in [-0.05, 0) is 25.2 Å². The molecule has 1 saturated carbocycles. The summed E-state index contributed by atoms with van der Waals surface area (Å²) in [5.41, 5.74) is 0.0698. The zero-order valence-corrected chi connectivity index (χ0v) is 10.3. The van der Waals surface area contributed by atoms with Crippen molar-refractivity contribution >= 4 is 11.9 Å². The van der Waals surface area contributed by atoms with Gasteiger partial charge in [0.15, 0.2) is 0 Å². The first-order valence-electron chi connectivity index (χ1n) is 5.95. The molecule has 0 heterocycles. The summed E-state index contributed by atoms with van der Waals surface area (Å²) in [5.74, 6) is -1.38. The molecule has 92 valence electrons. The number of carbonyl (C=O) groups excluding carboxylic acids is 2. The van der Waals surface area contributed by atoms with Crippen LogP contribution < -0.4 is 5.32 Å². The van der Waals surface area contributed by atoms with Crippen LogP contribution in [-0.2, 0) is 14.3 Å². The molecule has 0 aliphatic heterocycles. The molecule has 0 spiro atoms. The maximum absolute atomic E-state index is 11.5. The molecule has 1 N–H and O–H groups in total. The topological polar surface area (TPSA) is 55.4 Å². The fourth-order valence-corrected chi connectivity index (χ4v) is 2.18. The maximum atomic E-state index is 11.5. The van der Waals surface area contributed by atoms with Gasteiger partial charge in [0.05, 0.1) is 6.61 Å². The highest BCUT2D eigenvalue weighted by atomic mass is 16.5. The van der Waals surface area contributed by atoms with E-state index in [1.165, 1.54) is 6.42 Å². The Balaban J connectivity index is 2.52. The average Bonchev–Trinajstić information content (AvgIpc) is 2.21. The van der Waals surface area contributed by atoms with Crippen molar-refractivity contribution in [1.82, 2.24) is 5.32 Å². The summed E-state index contributed by atoms with van der Waals surface area (Å²) in [7, 11) is 0. The molecule has 4 heteroatoms. The number of rotatable bonds is 2. The minimum atomic E-state index is -0.774. The molecule has 1 unspecified atom stereocenters. The average molecular weight is 227 g/mol. The predicted molar refractivity (Wildman–Crippen MR) is 60.8 cm³/mol. The van der Waals surface area contributed by atoms with Gasteiger partial charge in [-0.25, -0.2) is 4.79 Å². The van der Waals surface area contributed by atoms with Crippen LogP contribution in [0.15, 0.2) is 0 Å².